The Morgan fingerprint density at radius 3 is 2.75 bits per heavy atom. The molecule has 1 amide bonds. The van der Waals surface area contributed by atoms with Gasteiger partial charge in [0.25, 0.3) is 5.56 Å². The van der Waals surface area contributed by atoms with Crippen LogP contribution in [0.5, 0.6) is 0 Å². The second-order valence-corrected chi connectivity index (χ2v) is 9.80. The molecule has 150 valence electrons. The van der Waals surface area contributed by atoms with Crippen molar-refractivity contribution in [1.82, 2.24) is 9.66 Å². The molecule has 1 aromatic carbocycles. The fourth-order valence-electron chi connectivity index (χ4n) is 5.29. The quantitative estimate of drug-likeness (QED) is 0.807. The number of rotatable bonds is 4. The summed E-state index contributed by atoms with van der Waals surface area (Å²) >= 11 is 6.06. The first-order valence-electron chi connectivity index (χ1n) is 10.2. The van der Waals surface area contributed by atoms with Crippen molar-refractivity contribution < 1.29 is 4.79 Å². The molecule has 5 nitrogen and oxygen atoms in total. The first-order chi connectivity index (χ1) is 13.2. The zero-order chi connectivity index (χ0) is 20.2. The van der Waals surface area contributed by atoms with E-state index < -0.39 is 0 Å². The molecule has 2 bridgehead atoms. The summed E-state index contributed by atoms with van der Waals surface area (Å²) in [6.45, 7) is 8.58. The smallest absolute Gasteiger partial charge is 0.273 e. The van der Waals surface area contributed by atoms with Crippen LogP contribution in [0.4, 0.5) is 0 Å². The highest BCUT2D eigenvalue weighted by Gasteiger charge is 2.54. The molecule has 0 radical (unpaired) electrons. The van der Waals surface area contributed by atoms with Crippen LogP contribution < -0.4 is 11.0 Å². The van der Waals surface area contributed by atoms with Gasteiger partial charge in [0, 0.05) is 17.4 Å². The maximum Gasteiger partial charge on any atom is 0.280 e. The fourth-order valence-corrected chi connectivity index (χ4v) is 5.46. The third-order valence-corrected chi connectivity index (χ3v) is 7.29. The first kappa shape index (κ1) is 19.4. The minimum atomic E-state index is -0.280. The van der Waals surface area contributed by atoms with Crippen LogP contribution in [0.15, 0.2) is 23.0 Å². The Labute approximate surface area is 170 Å². The number of aromatic nitrogens is 2. The number of benzene rings is 1. The molecule has 6 heteroatoms. The molecular weight excluding hydrogens is 374 g/mol. The monoisotopic (exact) mass is 401 g/mol. The van der Waals surface area contributed by atoms with Gasteiger partial charge in [-0.2, -0.15) is 0 Å². The predicted molar refractivity (Wildman–Crippen MR) is 112 cm³/mol. The van der Waals surface area contributed by atoms with Gasteiger partial charge in [-0.3, -0.25) is 15.0 Å². The van der Waals surface area contributed by atoms with E-state index in [0.29, 0.717) is 45.4 Å². The van der Waals surface area contributed by atoms with Crippen molar-refractivity contribution in [1.29, 1.82) is 0 Å². The van der Waals surface area contributed by atoms with Crippen LogP contribution in [0.25, 0.3) is 10.9 Å². The lowest BCUT2D eigenvalue weighted by Gasteiger charge is -2.60. The normalized spacial score (nSPS) is 25.6. The van der Waals surface area contributed by atoms with Gasteiger partial charge in [0.2, 0.25) is 5.91 Å². The molecule has 3 aliphatic carbocycles. The maximum atomic E-state index is 13.1. The first-order valence-corrected chi connectivity index (χ1v) is 10.6. The average molecular weight is 402 g/mol. The Kier molecular flexibility index (Phi) is 4.77. The van der Waals surface area contributed by atoms with Crippen molar-refractivity contribution in [2.75, 3.05) is 5.43 Å². The number of carbonyl (C=O) groups excluding carboxylic acids is 1. The van der Waals surface area contributed by atoms with Crippen LogP contribution in [0.2, 0.25) is 5.02 Å². The summed E-state index contributed by atoms with van der Waals surface area (Å²) in [5.74, 6) is 2.24. The molecule has 0 spiro atoms. The summed E-state index contributed by atoms with van der Waals surface area (Å²) in [7, 11) is 0. The van der Waals surface area contributed by atoms with Crippen LogP contribution in [0, 0.1) is 23.2 Å². The second-order valence-electron chi connectivity index (χ2n) is 9.36. The van der Waals surface area contributed by atoms with Gasteiger partial charge in [-0.05, 0) is 60.6 Å². The number of fused-ring (bicyclic) bond motifs is 3. The van der Waals surface area contributed by atoms with Crippen molar-refractivity contribution in [2.24, 2.45) is 23.2 Å². The molecule has 3 saturated carbocycles. The van der Waals surface area contributed by atoms with Gasteiger partial charge in [-0.25, -0.2) is 9.66 Å². The zero-order valence-corrected chi connectivity index (χ0v) is 17.7. The van der Waals surface area contributed by atoms with Crippen LogP contribution in [0.3, 0.4) is 0 Å². The molecule has 1 heterocycles. The Hall–Kier alpha value is -1.88. The van der Waals surface area contributed by atoms with E-state index in [1.54, 1.807) is 18.2 Å². The highest BCUT2D eigenvalue weighted by Crippen LogP contribution is 2.61. The molecule has 1 N–H and O–H groups in total. The summed E-state index contributed by atoms with van der Waals surface area (Å²) in [5, 5.41) is 0.892. The third-order valence-electron chi connectivity index (χ3n) is 7.06. The Balaban J connectivity index is 1.61. The summed E-state index contributed by atoms with van der Waals surface area (Å²) in [4.78, 5) is 30.5. The standard InChI is InChI=1S/C22H28ClN3O2/c1-12(2)20-24-18-8-7-15(23)11-16(18)21(28)26(20)25-19(27)9-13-5-6-14-10-17(13)22(14,3)4/h7-8,11-14,17H,5-6,9-10H2,1-4H3,(H,25,27)/t13-,14-,17-/m0/s1. The lowest BCUT2D eigenvalue weighted by atomic mass is 9.45. The molecule has 0 saturated heterocycles. The number of nitrogens with one attached hydrogen (secondary N) is 1. The minimum Gasteiger partial charge on any atom is -0.273 e. The van der Waals surface area contributed by atoms with Gasteiger partial charge < -0.3 is 0 Å². The lowest BCUT2D eigenvalue weighted by Crippen LogP contribution is -2.53. The van der Waals surface area contributed by atoms with Crippen LogP contribution in [0.1, 0.15) is 65.1 Å². The van der Waals surface area contributed by atoms with Crippen molar-refractivity contribution in [3.05, 3.63) is 39.4 Å². The van der Waals surface area contributed by atoms with E-state index in [-0.39, 0.29) is 17.4 Å². The second kappa shape index (κ2) is 6.87. The van der Waals surface area contributed by atoms with Crippen molar-refractivity contribution in [3.8, 4) is 0 Å². The van der Waals surface area contributed by atoms with Gasteiger partial charge in [-0.15, -0.1) is 0 Å². The van der Waals surface area contributed by atoms with Gasteiger partial charge >= 0.3 is 0 Å². The van der Waals surface area contributed by atoms with E-state index in [2.05, 4.69) is 24.3 Å². The van der Waals surface area contributed by atoms with E-state index in [9.17, 15) is 9.59 Å². The molecule has 1 aromatic heterocycles. The van der Waals surface area contributed by atoms with E-state index in [4.69, 9.17) is 11.6 Å². The molecule has 3 aliphatic rings. The van der Waals surface area contributed by atoms with Crippen molar-refractivity contribution >= 4 is 28.4 Å². The number of halogens is 1. The number of amides is 1. The fraction of sp³-hybridized carbons (Fsp3) is 0.591. The summed E-state index contributed by atoms with van der Waals surface area (Å²) in [6, 6.07) is 5.07. The van der Waals surface area contributed by atoms with E-state index in [0.717, 1.165) is 12.3 Å². The SMILES string of the molecule is CC(C)c1nc2ccc(Cl)cc2c(=O)n1NC(=O)C[C@@H]1CC[C@H]2C[C@@H]1C2(C)C. The minimum absolute atomic E-state index is 0.00548. The summed E-state index contributed by atoms with van der Waals surface area (Å²) < 4.78 is 1.32. The van der Waals surface area contributed by atoms with Gasteiger partial charge in [-0.1, -0.05) is 39.3 Å². The zero-order valence-electron chi connectivity index (χ0n) is 17.0. The Morgan fingerprint density at radius 2 is 2.11 bits per heavy atom. The predicted octanol–water partition coefficient (Wildman–Crippen LogP) is 4.71. The molecule has 3 fully saturated rings. The largest absolute Gasteiger partial charge is 0.280 e. The van der Waals surface area contributed by atoms with Gasteiger partial charge in [0.05, 0.1) is 10.9 Å². The molecular formula is C22H28ClN3O2. The van der Waals surface area contributed by atoms with Crippen molar-refractivity contribution in [3.63, 3.8) is 0 Å². The summed E-state index contributed by atoms with van der Waals surface area (Å²) in [6.07, 6.45) is 3.99. The number of hydrogen-bond acceptors (Lipinski definition) is 3. The summed E-state index contributed by atoms with van der Waals surface area (Å²) in [5.41, 5.74) is 3.50. The van der Waals surface area contributed by atoms with Crippen molar-refractivity contribution in [2.45, 2.75) is 59.3 Å². The van der Waals surface area contributed by atoms with Gasteiger partial charge in [0.15, 0.2) is 0 Å². The number of carbonyl (C=O) groups is 1. The number of hydrogen-bond donors (Lipinski definition) is 1. The molecule has 28 heavy (non-hydrogen) atoms. The maximum absolute atomic E-state index is 13.1. The lowest BCUT2D eigenvalue weighted by molar-refractivity contribution is -0.129. The third kappa shape index (κ3) is 3.14. The van der Waals surface area contributed by atoms with Crippen LogP contribution >= 0.6 is 11.6 Å². The topological polar surface area (TPSA) is 64.0 Å². The van der Waals surface area contributed by atoms with E-state index >= 15 is 0 Å². The number of nitrogens with zero attached hydrogens (tertiary/aromatic N) is 2. The Bertz CT molecular complexity index is 993. The molecule has 0 unspecified atom stereocenters. The molecule has 3 atom stereocenters. The van der Waals surface area contributed by atoms with Crippen LogP contribution in [-0.2, 0) is 4.79 Å². The molecule has 2 aromatic rings. The highest BCUT2D eigenvalue weighted by molar-refractivity contribution is 6.31. The van der Waals surface area contributed by atoms with E-state index in [1.807, 2.05) is 13.8 Å². The van der Waals surface area contributed by atoms with E-state index in [1.165, 1.54) is 17.5 Å². The average Bonchev–Trinajstić information content (AvgIpc) is 2.64. The molecule has 0 aliphatic heterocycles. The molecule has 5 rings (SSSR count). The van der Waals surface area contributed by atoms with Gasteiger partial charge in [0.1, 0.15) is 5.82 Å². The Morgan fingerprint density at radius 1 is 1.36 bits per heavy atom. The van der Waals surface area contributed by atoms with Crippen LogP contribution in [-0.4, -0.2) is 15.6 Å². The highest BCUT2D eigenvalue weighted by atomic mass is 35.5.